The largest absolute Gasteiger partial charge is 0.360 e. The first-order chi connectivity index (χ1) is 12.6. The third-order valence-electron chi connectivity index (χ3n) is 3.66. The fraction of sp³-hybridized carbons (Fsp3) is 0.474. The molecule has 27 heavy (non-hydrogen) atoms. The quantitative estimate of drug-likeness (QED) is 0.677. The number of amides is 2. The number of aromatic nitrogens is 2. The highest BCUT2D eigenvalue weighted by Crippen LogP contribution is 2.25. The fourth-order valence-electron chi connectivity index (χ4n) is 2.11. The maximum absolute atomic E-state index is 12.2. The minimum atomic E-state index is -0.391. The van der Waals surface area contributed by atoms with Crippen molar-refractivity contribution in [3.63, 3.8) is 0 Å². The number of hydrogen-bond acceptors (Lipinski definition) is 7. The van der Waals surface area contributed by atoms with E-state index in [0.717, 1.165) is 17.2 Å². The molecule has 0 radical (unpaired) electrons. The lowest BCUT2D eigenvalue weighted by atomic mass is 9.87. The molecule has 6 nitrogen and oxygen atoms in total. The van der Waals surface area contributed by atoms with Crippen LogP contribution in [0.25, 0.3) is 0 Å². The predicted molar refractivity (Wildman–Crippen MR) is 112 cm³/mol. The molecule has 0 fully saturated rings. The van der Waals surface area contributed by atoms with Crippen molar-refractivity contribution >= 4 is 40.0 Å². The highest BCUT2D eigenvalue weighted by atomic mass is 32.2. The molecule has 1 aromatic carbocycles. The van der Waals surface area contributed by atoms with Crippen LogP contribution < -0.4 is 10.6 Å². The molecule has 1 heterocycles. The van der Waals surface area contributed by atoms with Gasteiger partial charge in [-0.15, -0.1) is 10.2 Å². The van der Waals surface area contributed by atoms with Gasteiger partial charge in [0.25, 0.3) is 5.91 Å². The molecule has 0 unspecified atom stereocenters. The number of thioether (sulfide) groups is 1. The molecule has 8 heteroatoms. The molecule has 0 spiro atoms. The van der Waals surface area contributed by atoms with Gasteiger partial charge in [-0.05, 0) is 29.0 Å². The minimum absolute atomic E-state index is 0.0199. The first-order valence-corrected chi connectivity index (χ1v) is 10.6. The summed E-state index contributed by atoms with van der Waals surface area (Å²) in [6.07, 6.45) is 0. The zero-order valence-electron chi connectivity index (χ0n) is 16.3. The number of rotatable bonds is 7. The molecule has 2 rings (SSSR count). The monoisotopic (exact) mass is 406 g/mol. The third kappa shape index (κ3) is 6.95. The van der Waals surface area contributed by atoms with E-state index in [1.165, 1.54) is 23.1 Å². The van der Waals surface area contributed by atoms with E-state index in [1.807, 2.05) is 12.1 Å². The molecule has 146 valence electrons. The molecule has 0 saturated heterocycles. The number of nitrogens with one attached hydrogen (secondary N) is 2. The molecular weight excluding hydrogens is 380 g/mol. The first kappa shape index (κ1) is 21.4. The maximum Gasteiger partial charge on any atom is 0.257 e. The second-order valence-corrected chi connectivity index (χ2v) is 9.84. The SMILES string of the molecule is CC(C)CNc1nnc(SCC(=O)NC(=O)c2ccc(C(C)(C)C)cc2)s1. The van der Waals surface area contributed by atoms with Gasteiger partial charge in [-0.25, -0.2) is 0 Å². The Hall–Kier alpha value is -1.93. The zero-order chi connectivity index (χ0) is 20.0. The Morgan fingerprint density at radius 1 is 1.15 bits per heavy atom. The van der Waals surface area contributed by atoms with Crippen molar-refractivity contribution < 1.29 is 9.59 Å². The normalized spacial score (nSPS) is 11.5. The van der Waals surface area contributed by atoms with Crippen LogP contribution in [0.1, 0.15) is 50.5 Å². The Labute approximate surface area is 168 Å². The number of imide groups is 1. The molecule has 0 bridgehead atoms. The molecule has 0 aliphatic rings. The van der Waals surface area contributed by atoms with Gasteiger partial charge in [0.2, 0.25) is 11.0 Å². The summed E-state index contributed by atoms with van der Waals surface area (Å²) in [4.78, 5) is 24.2. The zero-order valence-corrected chi connectivity index (χ0v) is 18.0. The number of carbonyl (C=O) groups excluding carboxylic acids is 2. The first-order valence-electron chi connectivity index (χ1n) is 8.80. The van der Waals surface area contributed by atoms with Crippen LogP contribution in [0, 0.1) is 5.92 Å². The summed E-state index contributed by atoms with van der Waals surface area (Å²) in [6.45, 7) is 11.4. The molecule has 0 saturated carbocycles. The van der Waals surface area contributed by atoms with Crippen molar-refractivity contribution in [1.29, 1.82) is 0 Å². The Balaban J connectivity index is 1.82. The van der Waals surface area contributed by atoms with E-state index in [9.17, 15) is 9.59 Å². The summed E-state index contributed by atoms with van der Waals surface area (Å²) < 4.78 is 0.693. The molecule has 2 amide bonds. The van der Waals surface area contributed by atoms with E-state index in [1.54, 1.807) is 12.1 Å². The van der Waals surface area contributed by atoms with Crippen molar-refractivity contribution in [3.8, 4) is 0 Å². The molecule has 0 aliphatic heterocycles. The Kier molecular flexibility index (Phi) is 7.38. The highest BCUT2D eigenvalue weighted by Gasteiger charge is 2.16. The molecule has 0 atom stereocenters. The van der Waals surface area contributed by atoms with E-state index in [0.29, 0.717) is 15.8 Å². The van der Waals surface area contributed by atoms with Gasteiger partial charge in [0.1, 0.15) is 0 Å². The Morgan fingerprint density at radius 3 is 2.41 bits per heavy atom. The van der Waals surface area contributed by atoms with Crippen molar-refractivity contribution in [2.24, 2.45) is 5.92 Å². The summed E-state index contributed by atoms with van der Waals surface area (Å²) in [5, 5.41) is 14.4. The van der Waals surface area contributed by atoms with Gasteiger partial charge in [0.15, 0.2) is 4.34 Å². The van der Waals surface area contributed by atoms with Gasteiger partial charge in [-0.3, -0.25) is 14.9 Å². The van der Waals surface area contributed by atoms with Crippen LogP contribution in [0.5, 0.6) is 0 Å². The second-order valence-electron chi connectivity index (χ2n) is 7.64. The lowest BCUT2D eigenvalue weighted by molar-refractivity contribution is -0.117. The lowest BCUT2D eigenvalue weighted by Gasteiger charge is -2.18. The fourth-order valence-corrected chi connectivity index (χ4v) is 3.67. The van der Waals surface area contributed by atoms with Crippen LogP contribution in [-0.4, -0.2) is 34.3 Å². The van der Waals surface area contributed by atoms with Crippen molar-refractivity contribution in [2.45, 2.75) is 44.4 Å². The average molecular weight is 407 g/mol. The number of carbonyl (C=O) groups is 2. The molecule has 0 aliphatic carbocycles. The molecule has 2 aromatic rings. The van der Waals surface area contributed by atoms with Crippen LogP contribution in [0.15, 0.2) is 28.6 Å². The van der Waals surface area contributed by atoms with E-state index < -0.39 is 5.91 Å². The van der Waals surface area contributed by atoms with Gasteiger partial charge >= 0.3 is 0 Å². The molecule has 2 N–H and O–H groups in total. The summed E-state index contributed by atoms with van der Waals surface area (Å²) >= 11 is 2.67. The van der Waals surface area contributed by atoms with Gasteiger partial charge in [0, 0.05) is 12.1 Å². The van der Waals surface area contributed by atoms with E-state index >= 15 is 0 Å². The average Bonchev–Trinajstić information content (AvgIpc) is 3.05. The second kappa shape index (κ2) is 9.32. The van der Waals surface area contributed by atoms with E-state index in [4.69, 9.17) is 0 Å². The third-order valence-corrected chi connectivity index (χ3v) is 5.68. The standard InChI is InChI=1S/C19H26N4O2S2/c1-12(2)10-20-17-22-23-18(27-17)26-11-15(24)21-16(25)13-6-8-14(9-7-13)19(3,4)5/h6-9,12H,10-11H2,1-5H3,(H,20,22)(H,21,24,25). The van der Waals surface area contributed by atoms with Crippen LogP contribution in [0.3, 0.4) is 0 Å². The predicted octanol–water partition coefficient (Wildman–Crippen LogP) is 3.95. The minimum Gasteiger partial charge on any atom is -0.360 e. The van der Waals surface area contributed by atoms with Crippen LogP contribution in [-0.2, 0) is 10.2 Å². The van der Waals surface area contributed by atoms with Gasteiger partial charge in [-0.2, -0.15) is 0 Å². The number of nitrogens with zero attached hydrogens (tertiary/aromatic N) is 2. The molecular formula is C19H26N4O2S2. The lowest BCUT2D eigenvalue weighted by Crippen LogP contribution is -2.31. The van der Waals surface area contributed by atoms with Gasteiger partial charge in [-0.1, -0.05) is 69.9 Å². The summed E-state index contributed by atoms with van der Waals surface area (Å²) in [5.41, 5.74) is 1.63. The van der Waals surface area contributed by atoms with Crippen molar-refractivity contribution in [1.82, 2.24) is 15.5 Å². The number of benzene rings is 1. The van der Waals surface area contributed by atoms with Crippen LogP contribution >= 0.6 is 23.1 Å². The summed E-state index contributed by atoms with van der Waals surface area (Å²) in [5.74, 6) is -0.112. The molecule has 1 aromatic heterocycles. The summed E-state index contributed by atoms with van der Waals surface area (Å²) in [7, 11) is 0. The van der Waals surface area contributed by atoms with Gasteiger partial charge in [0.05, 0.1) is 5.75 Å². The topological polar surface area (TPSA) is 84.0 Å². The Morgan fingerprint density at radius 2 is 1.81 bits per heavy atom. The Bertz CT molecular complexity index is 780. The van der Waals surface area contributed by atoms with Crippen LogP contribution in [0.2, 0.25) is 0 Å². The number of anilines is 1. The smallest absolute Gasteiger partial charge is 0.257 e. The summed E-state index contributed by atoms with van der Waals surface area (Å²) in [6, 6.07) is 7.32. The van der Waals surface area contributed by atoms with Crippen LogP contribution in [0.4, 0.5) is 5.13 Å². The van der Waals surface area contributed by atoms with E-state index in [2.05, 4.69) is 55.4 Å². The highest BCUT2D eigenvalue weighted by molar-refractivity contribution is 8.01. The number of hydrogen-bond donors (Lipinski definition) is 2. The van der Waals surface area contributed by atoms with Crippen molar-refractivity contribution in [3.05, 3.63) is 35.4 Å². The van der Waals surface area contributed by atoms with Gasteiger partial charge < -0.3 is 5.32 Å². The van der Waals surface area contributed by atoms with Crippen molar-refractivity contribution in [2.75, 3.05) is 17.6 Å². The maximum atomic E-state index is 12.2. The van der Waals surface area contributed by atoms with E-state index in [-0.39, 0.29) is 17.1 Å².